The van der Waals surface area contributed by atoms with Crippen molar-refractivity contribution in [2.45, 2.75) is 58.0 Å². The van der Waals surface area contributed by atoms with Crippen molar-refractivity contribution in [3.8, 4) is 0 Å². The summed E-state index contributed by atoms with van der Waals surface area (Å²) in [6, 6.07) is 3.65. The maximum atomic E-state index is 12.3. The summed E-state index contributed by atoms with van der Waals surface area (Å²) < 4.78 is 3.07. The number of aryl methyl sites for hydroxylation is 1. The van der Waals surface area contributed by atoms with Crippen molar-refractivity contribution in [2.75, 3.05) is 19.6 Å². The summed E-state index contributed by atoms with van der Waals surface area (Å²) in [5.74, 6) is -0.209. The number of rotatable bonds is 6. The van der Waals surface area contributed by atoms with Crippen LogP contribution in [0.2, 0.25) is 0 Å². The molecule has 2 aromatic heterocycles. The van der Waals surface area contributed by atoms with Gasteiger partial charge in [0, 0.05) is 37.7 Å². The zero-order valence-electron chi connectivity index (χ0n) is 17.8. The molecule has 1 unspecified atom stereocenters. The van der Waals surface area contributed by atoms with Crippen molar-refractivity contribution in [1.82, 2.24) is 35.0 Å². The molecule has 1 aliphatic rings. The van der Waals surface area contributed by atoms with Gasteiger partial charge in [-0.15, -0.1) is 5.10 Å². The molecule has 3 heterocycles. The second-order valence-electron chi connectivity index (χ2n) is 8.70. The summed E-state index contributed by atoms with van der Waals surface area (Å²) in [7, 11) is 1.73. The van der Waals surface area contributed by atoms with Gasteiger partial charge in [0.2, 0.25) is 0 Å². The van der Waals surface area contributed by atoms with Crippen LogP contribution in [0.25, 0.3) is 0 Å². The van der Waals surface area contributed by atoms with Gasteiger partial charge in [0.05, 0.1) is 18.4 Å². The maximum absolute atomic E-state index is 12.3. The number of piperidine rings is 1. The van der Waals surface area contributed by atoms with E-state index in [2.05, 4.69) is 46.4 Å². The molecule has 1 saturated heterocycles. The topological polar surface area (TPSA) is 97.9 Å². The molecule has 158 valence electrons. The Labute approximate surface area is 171 Å². The zero-order chi connectivity index (χ0) is 21.0. The van der Waals surface area contributed by atoms with Gasteiger partial charge in [0.1, 0.15) is 0 Å². The number of carbonyl (C=O) groups excluding carboxylic acids is 1. The lowest BCUT2D eigenvalue weighted by Gasteiger charge is -2.35. The maximum Gasteiger partial charge on any atom is 0.273 e. The van der Waals surface area contributed by atoms with Crippen molar-refractivity contribution in [3.05, 3.63) is 40.1 Å². The van der Waals surface area contributed by atoms with Gasteiger partial charge in [-0.1, -0.05) is 32.4 Å². The number of aromatic nitrogens is 5. The summed E-state index contributed by atoms with van der Waals surface area (Å²) in [6.07, 6.45) is 4.89. The Bertz CT molecular complexity index is 897. The van der Waals surface area contributed by atoms with Crippen LogP contribution in [0.5, 0.6) is 0 Å². The Morgan fingerprint density at radius 1 is 1.24 bits per heavy atom. The molecular formula is C20H31N7O2. The van der Waals surface area contributed by atoms with E-state index in [9.17, 15) is 9.59 Å². The van der Waals surface area contributed by atoms with Crippen LogP contribution in [0.15, 0.2) is 23.1 Å². The van der Waals surface area contributed by atoms with Crippen molar-refractivity contribution < 1.29 is 4.79 Å². The lowest BCUT2D eigenvalue weighted by atomic mass is 9.92. The zero-order valence-corrected chi connectivity index (χ0v) is 17.8. The molecule has 9 heteroatoms. The first-order chi connectivity index (χ1) is 13.7. The molecule has 1 atom stereocenters. The number of hydrogen-bond donors (Lipinski definition) is 1. The van der Waals surface area contributed by atoms with E-state index in [0.717, 1.165) is 38.0 Å². The molecule has 0 radical (unpaired) electrons. The van der Waals surface area contributed by atoms with Crippen LogP contribution >= 0.6 is 0 Å². The Kier molecular flexibility index (Phi) is 6.46. The van der Waals surface area contributed by atoms with E-state index in [1.54, 1.807) is 24.0 Å². The minimum atomic E-state index is -0.209. The summed E-state index contributed by atoms with van der Waals surface area (Å²) in [5, 5.41) is 15.2. The molecule has 0 aromatic carbocycles. The summed E-state index contributed by atoms with van der Waals surface area (Å²) in [4.78, 5) is 26.8. The summed E-state index contributed by atoms with van der Waals surface area (Å²) in [5.41, 5.74) is 1.05. The largest absolute Gasteiger partial charge is 0.349 e. The number of carbonyl (C=O) groups is 1. The molecule has 1 fully saturated rings. The second kappa shape index (κ2) is 8.86. The molecule has 0 aliphatic carbocycles. The van der Waals surface area contributed by atoms with Crippen LogP contribution in [-0.2, 0) is 19.0 Å². The Hall–Kier alpha value is -2.55. The second-order valence-corrected chi connectivity index (χ2v) is 8.70. The van der Waals surface area contributed by atoms with Gasteiger partial charge in [0.15, 0.2) is 5.69 Å². The molecule has 1 aliphatic heterocycles. The van der Waals surface area contributed by atoms with Crippen LogP contribution < -0.4 is 10.9 Å². The molecule has 1 amide bonds. The van der Waals surface area contributed by atoms with E-state index in [0.29, 0.717) is 18.8 Å². The van der Waals surface area contributed by atoms with Crippen LogP contribution in [0.1, 0.15) is 56.2 Å². The lowest BCUT2D eigenvalue weighted by molar-refractivity contribution is 0.0904. The number of amides is 1. The van der Waals surface area contributed by atoms with Gasteiger partial charge in [0.25, 0.3) is 11.5 Å². The number of hydrogen-bond acceptors (Lipinski definition) is 6. The average Bonchev–Trinajstić information content (AvgIpc) is 3.11. The summed E-state index contributed by atoms with van der Waals surface area (Å²) in [6.45, 7) is 9.04. The van der Waals surface area contributed by atoms with Gasteiger partial charge in [-0.05, 0) is 25.5 Å². The molecule has 2 aromatic rings. The van der Waals surface area contributed by atoms with E-state index in [1.165, 1.54) is 4.68 Å². The Balaban J connectivity index is 1.60. The third kappa shape index (κ3) is 5.50. The van der Waals surface area contributed by atoms with Crippen molar-refractivity contribution >= 4 is 5.91 Å². The third-order valence-corrected chi connectivity index (χ3v) is 5.32. The predicted octanol–water partition coefficient (Wildman–Crippen LogP) is 0.954. The highest BCUT2D eigenvalue weighted by molar-refractivity contribution is 5.91. The van der Waals surface area contributed by atoms with E-state index in [4.69, 9.17) is 0 Å². The molecule has 0 bridgehead atoms. The number of likely N-dealkylation sites (tertiary alicyclic amines) is 1. The fraction of sp³-hybridized carbons (Fsp3) is 0.650. The SMILES string of the molecule is Cn1cc(C(=O)NCC2CCCCN2CCn2nc(C(C)(C)C)ccc2=O)nn1. The molecular weight excluding hydrogens is 370 g/mol. The predicted molar refractivity (Wildman–Crippen MR) is 110 cm³/mol. The normalized spacial score (nSPS) is 18.0. The standard InChI is InChI=1S/C20H31N7O2/c1-20(2,3)17-8-9-18(28)27(23-17)12-11-26-10-6-5-7-15(26)13-21-19(29)16-14-25(4)24-22-16/h8-9,14-15H,5-7,10-13H2,1-4H3,(H,21,29). The quantitative estimate of drug-likeness (QED) is 0.774. The molecule has 0 spiro atoms. The Morgan fingerprint density at radius 2 is 2.03 bits per heavy atom. The molecule has 0 saturated carbocycles. The van der Waals surface area contributed by atoms with E-state index >= 15 is 0 Å². The van der Waals surface area contributed by atoms with Gasteiger partial charge >= 0.3 is 0 Å². The monoisotopic (exact) mass is 401 g/mol. The van der Waals surface area contributed by atoms with Crippen molar-refractivity contribution in [1.29, 1.82) is 0 Å². The first kappa shape index (κ1) is 21.2. The van der Waals surface area contributed by atoms with Gasteiger partial charge in [-0.2, -0.15) is 5.10 Å². The van der Waals surface area contributed by atoms with Gasteiger partial charge in [-0.25, -0.2) is 4.68 Å². The average molecular weight is 402 g/mol. The smallest absolute Gasteiger partial charge is 0.273 e. The molecule has 3 rings (SSSR count). The van der Waals surface area contributed by atoms with Crippen LogP contribution in [-0.4, -0.2) is 61.3 Å². The van der Waals surface area contributed by atoms with Crippen LogP contribution in [0, 0.1) is 0 Å². The summed E-state index contributed by atoms with van der Waals surface area (Å²) >= 11 is 0. The lowest BCUT2D eigenvalue weighted by Crippen LogP contribution is -2.48. The first-order valence-electron chi connectivity index (χ1n) is 10.2. The van der Waals surface area contributed by atoms with Gasteiger partial charge in [-0.3, -0.25) is 19.2 Å². The number of nitrogens with zero attached hydrogens (tertiary/aromatic N) is 6. The fourth-order valence-electron chi connectivity index (χ4n) is 3.57. The highest BCUT2D eigenvalue weighted by atomic mass is 16.2. The third-order valence-electron chi connectivity index (χ3n) is 5.32. The highest BCUT2D eigenvalue weighted by Crippen LogP contribution is 2.19. The fourth-order valence-corrected chi connectivity index (χ4v) is 3.57. The minimum Gasteiger partial charge on any atom is -0.349 e. The molecule has 9 nitrogen and oxygen atoms in total. The van der Waals surface area contributed by atoms with Gasteiger partial charge < -0.3 is 5.32 Å². The Morgan fingerprint density at radius 3 is 2.72 bits per heavy atom. The van der Waals surface area contributed by atoms with Crippen molar-refractivity contribution in [3.63, 3.8) is 0 Å². The number of nitrogens with one attached hydrogen (secondary N) is 1. The van der Waals surface area contributed by atoms with E-state index in [-0.39, 0.29) is 22.9 Å². The molecule has 29 heavy (non-hydrogen) atoms. The molecule has 1 N–H and O–H groups in total. The first-order valence-corrected chi connectivity index (χ1v) is 10.2. The van der Waals surface area contributed by atoms with E-state index < -0.39 is 0 Å². The van der Waals surface area contributed by atoms with Crippen LogP contribution in [0.4, 0.5) is 0 Å². The van der Waals surface area contributed by atoms with Crippen molar-refractivity contribution in [2.24, 2.45) is 7.05 Å². The minimum absolute atomic E-state index is 0.0810. The highest BCUT2D eigenvalue weighted by Gasteiger charge is 2.24. The van der Waals surface area contributed by atoms with Crippen LogP contribution in [0.3, 0.4) is 0 Å². The van der Waals surface area contributed by atoms with E-state index in [1.807, 2.05) is 6.07 Å².